The first-order valence-electron chi connectivity index (χ1n) is 11.5. The zero-order valence-corrected chi connectivity index (χ0v) is 21.9. The fraction of sp³-hybridized carbons (Fsp3) is 0.269. The number of thioether (sulfide) groups is 1. The van der Waals surface area contributed by atoms with Gasteiger partial charge in [-0.3, -0.25) is 19.1 Å². The molecule has 0 unspecified atom stereocenters. The van der Waals surface area contributed by atoms with Crippen LogP contribution in [-0.2, 0) is 17.8 Å². The number of amides is 1. The van der Waals surface area contributed by atoms with Crippen molar-refractivity contribution in [3.05, 3.63) is 79.9 Å². The Labute approximate surface area is 216 Å². The van der Waals surface area contributed by atoms with Crippen molar-refractivity contribution in [3.63, 3.8) is 0 Å². The SMILES string of the molecule is CCN1CCc2c(sc3nc(SCC(=O)Nc4ccc(Cl)cc4)n(-c4ccc(C)cc4)c(=O)c23)C1. The van der Waals surface area contributed by atoms with Crippen LogP contribution in [0.1, 0.15) is 22.9 Å². The monoisotopic (exact) mass is 524 g/mol. The molecule has 6 nitrogen and oxygen atoms in total. The van der Waals surface area contributed by atoms with Crippen LogP contribution >= 0.6 is 34.7 Å². The van der Waals surface area contributed by atoms with Crippen molar-refractivity contribution in [2.24, 2.45) is 0 Å². The lowest BCUT2D eigenvalue weighted by Gasteiger charge is -2.25. The van der Waals surface area contributed by atoms with Crippen LogP contribution < -0.4 is 10.9 Å². The number of hydrogen-bond acceptors (Lipinski definition) is 6. The van der Waals surface area contributed by atoms with E-state index in [2.05, 4.69) is 17.1 Å². The van der Waals surface area contributed by atoms with E-state index in [-0.39, 0.29) is 17.2 Å². The highest BCUT2D eigenvalue weighted by molar-refractivity contribution is 7.99. The number of aromatic nitrogens is 2. The number of hydrogen-bond donors (Lipinski definition) is 1. The summed E-state index contributed by atoms with van der Waals surface area (Å²) in [4.78, 5) is 35.8. The fourth-order valence-electron chi connectivity index (χ4n) is 4.23. The standard InChI is InChI=1S/C26H25ClN4O2S2/c1-3-30-13-12-20-21(14-30)35-24-23(20)25(33)31(19-10-4-16(2)5-11-19)26(29-24)34-15-22(32)28-18-8-6-17(27)7-9-18/h4-11H,3,12-15H2,1-2H3,(H,28,32). The number of nitrogens with zero attached hydrogens (tertiary/aromatic N) is 3. The maximum Gasteiger partial charge on any atom is 0.267 e. The molecule has 1 amide bonds. The average Bonchev–Trinajstić information content (AvgIpc) is 3.22. The Morgan fingerprint density at radius 1 is 1.17 bits per heavy atom. The van der Waals surface area contributed by atoms with E-state index >= 15 is 0 Å². The number of thiophene rings is 1. The van der Waals surface area contributed by atoms with Crippen LogP contribution in [0.2, 0.25) is 5.02 Å². The highest BCUT2D eigenvalue weighted by atomic mass is 35.5. The minimum atomic E-state index is -0.175. The van der Waals surface area contributed by atoms with Crippen LogP contribution in [0.4, 0.5) is 5.69 Å². The van der Waals surface area contributed by atoms with E-state index in [4.69, 9.17) is 16.6 Å². The van der Waals surface area contributed by atoms with Gasteiger partial charge in [0.05, 0.1) is 16.8 Å². The van der Waals surface area contributed by atoms with Gasteiger partial charge in [-0.15, -0.1) is 11.3 Å². The third-order valence-corrected chi connectivity index (χ3v) is 8.42. The Balaban J connectivity index is 1.51. The molecule has 0 aliphatic carbocycles. The van der Waals surface area contributed by atoms with Gasteiger partial charge in [0.2, 0.25) is 5.91 Å². The minimum Gasteiger partial charge on any atom is -0.325 e. The number of benzene rings is 2. The smallest absolute Gasteiger partial charge is 0.267 e. The Morgan fingerprint density at radius 3 is 2.63 bits per heavy atom. The van der Waals surface area contributed by atoms with Gasteiger partial charge < -0.3 is 5.32 Å². The van der Waals surface area contributed by atoms with Crippen LogP contribution in [0.25, 0.3) is 15.9 Å². The molecule has 0 saturated carbocycles. The molecule has 35 heavy (non-hydrogen) atoms. The largest absolute Gasteiger partial charge is 0.325 e. The lowest BCUT2D eigenvalue weighted by atomic mass is 10.1. The second-order valence-electron chi connectivity index (χ2n) is 8.52. The zero-order chi connectivity index (χ0) is 24.5. The fourth-order valence-corrected chi connectivity index (χ4v) is 6.47. The Hall–Kier alpha value is -2.65. The van der Waals surface area contributed by atoms with Crippen molar-refractivity contribution in [1.82, 2.24) is 14.5 Å². The molecule has 0 bridgehead atoms. The van der Waals surface area contributed by atoms with Crippen molar-refractivity contribution in [2.45, 2.75) is 32.0 Å². The summed E-state index contributed by atoms with van der Waals surface area (Å²) in [5, 5.41) is 4.72. The molecule has 9 heteroatoms. The van der Waals surface area contributed by atoms with E-state index in [9.17, 15) is 9.59 Å². The van der Waals surface area contributed by atoms with Gasteiger partial charge in [-0.1, -0.05) is 48.0 Å². The van der Waals surface area contributed by atoms with Gasteiger partial charge in [-0.25, -0.2) is 4.98 Å². The first kappa shape index (κ1) is 24.1. The number of carbonyl (C=O) groups is 1. The number of nitrogens with one attached hydrogen (secondary N) is 1. The first-order valence-corrected chi connectivity index (χ1v) is 13.7. The Kier molecular flexibility index (Phi) is 6.98. The molecule has 1 N–H and O–H groups in total. The predicted molar refractivity (Wildman–Crippen MR) is 145 cm³/mol. The van der Waals surface area contributed by atoms with Gasteiger partial charge in [0.25, 0.3) is 5.56 Å². The molecule has 1 aliphatic rings. The highest BCUT2D eigenvalue weighted by Gasteiger charge is 2.25. The molecule has 3 heterocycles. The number of anilines is 1. The summed E-state index contributed by atoms with van der Waals surface area (Å²) in [6, 6.07) is 14.8. The van der Waals surface area contributed by atoms with E-state index < -0.39 is 0 Å². The van der Waals surface area contributed by atoms with Crippen molar-refractivity contribution in [1.29, 1.82) is 0 Å². The van der Waals surface area contributed by atoms with Gasteiger partial charge in [0.15, 0.2) is 5.16 Å². The lowest BCUT2D eigenvalue weighted by Crippen LogP contribution is -2.30. The van der Waals surface area contributed by atoms with Crippen molar-refractivity contribution in [3.8, 4) is 5.69 Å². The molecule has 5 rings (SSSR count). The van der Waals surface area contributed by atoms with Gasteiger partial charge in [0.1, 0.15) is 4.83 Å². The van der Waals surface area contributed by atoms with E-state index in [1.54, 1.807) is 40.2 Å². The molecule has 180 valence electrons. The van der Waals surface area contributed by atoms with E-state index in [1.807, 2.05) is 31.2 Å². The number of halogens is 1. The second kappa shape index (κ2) is 10.1. The second-order valence-corrected chi connectivity index (χ2v) is 11.0. The molecule has 1 aliphatic heterocycles. The number of carbonyl (C=O) groups excluding carboxylic acids is 1. The van der Waals surface area contributed by atoms with Crippen LogP contribution in [0, 0.1) is 6.92 Å². The average molecular weight is 525 g/mol. The quantitative estimate of drug-likeness (QED) is 0.266. The van der Waals surface area contributed by atoms with Crippen molar-refractivity contribution in [2.75, 3.05) is 24.2 Å². The minimum absolute atomic E-state index is 0.0677. The Bertz CT molecular complexity index is 1450. The highest BCUT2D eigenvalue weighted by Crippen LogP contribution is 2.34. The van der Waals surface area contributed by atoms with Crippen molar-refractivity contribution >= 4 is 56.5 Å². The normalized spacial score (nSPS) is 13.7. The summed E-state index contributed by atoms with van der Waals surface area (Å²) in [6.45, 7) is 6.95. The molecular weight excluding hydrogens is 500 g/mol. The molecule has 0 spiro atoms. The number of likely N-dealkylation sites (N-methyl/N-ethyl adjacent to an activating group) is 1. The van der Waals surface area contributed by atoms with Crippen molar-refractivity contribution < 1.29 is 4.79 Å². The van der Waals surface area contributed by atoms with E-state index in [0.29, 0.717) is 15.9 Å². The van der Waals surface area contributed by atoms with Gasteiger partial charge in [-0.2, -0.15) is 0 Å². The first-order chi connectivity index (χ1) is 16.9. The number of aryl methyl sites for hydroxylation is 1. The van der Waals surface area contributed by atoms with E-state index in [0.717, 1.165) is 53.1 Å². The van der Waals surface area contributed by atoms with Gasteiger partial charge >= 0.3 is 0 Å². The summed E-state index contributed by atoms with van der Waals surface area (Å²) in [6.07, 6.45) is 0.851. The molecule has 0 saturated heterocycles. The van der Waals surface area contributed by atoms with Gasteiger partial charge in [-0.05, 0) is 61.9 Å². The molecule has 0 fully saturated rings. The van der Waals surface area contributed by atoms with E-state index in [1.165, 1.54) is 16.6 Å². The van der Waals surface area contributed by atoms with Crippen LogP contribution in [0.5, 0.6) is 0 Å². The summed E-state index contributed by atoms with van der Waals surface area (Å²) < 4.78 is 1.65. The molecular formula is C26H25ClN4O2S2. The van der Waals surface area contributed by atoms with Gasteiger partial charge in [0, 0.05) is 28.7 Å². The molecule has 4 aromatic rings. The maximum atomic E-state index is 13.9. The predicted octanol–water partition coefficient (Wildman–Crippen LogP) is 5.52. The molecule has 0 radical (unpaired) electrons. The third kappa shape index (κ3) is 5.02. The van der Waals surface area contributed by atoms with Crippen LogP contribution in [0.15, 0.2) is 58.5 Å². The van der Waals surface area contributed by atoms with Crippen LogP contribution in [0.3, 0.4) is 0 Å². The number of fused-ring (bicyclic) bond motifs is 3. The number of rotatable bonds is 6. The molecule has 2 aromatic heterocycles. The summed E-state index contributed by atoms with van der Waals surface area (Å²) >= 11 is 8.80. The lowest BCUT2D eigenvalue weighted by molar-refractivity contribution is -0.113. The maximum absolute atomic E-state index is 13.9. The summed E-state index contributed by atoms with van der Waals surface area (Å²) in [5.74, 6) is -0.0487. The zero-order valence-electron chi connectivity index (χ0n) is 19.5. The third-order valence-electron chi connectivity index (χ3n) is 6.12. The molecule has 2 aromatic carbocycles. The molecule has 0 atom stereocenters. The van der Waals surface area contributed by atoms with Crippen LogP contribution in [-0.4, -0.2) is 39.2 Å². The Morgan fingerprint density at radius 2 is 1.91 bits per heavy atom. The topological polar surface area (TPSA) is 67.2 Å². The summed E-state index contributed by atoms with van der Waals surface area (Å²) in [7, 11) is 0. The summed E-state index contributed by atoms with van der Waals surface area (Å²) in [5.41, 5.74) is 3.60.